The fourth-order valence-corrected chi connectivity index (χ4v) is 7.36. The lowest BCUT2D eigenvalue weighted by molar-refractivity contribution is -0.160. The maximum atomic E-state index is 15.8. The summed E-state index contributed by atoms with van der Waals surface area (Å²) in [5, 5.41) is 11.3. The molecule has 1 saturated carbocycles. The number of carbonyl (C=O) groups is 1. The molecule has 2 fully saturated rings. The first-order chi connectivity index (χ1) is 22.4. The van der Waals surface area contributed by atoms with Crippen molar-refractivity contribution >= 4 is 22.8 Å². The van der Waals surface area contributed by atoms with Crippen molar-refractivity contribution in [3.05, 3.63) is 58.7 Å². The molecular formula is C37H44FN5O4. The number of aromatic nitrogens is 3. The number of halogens is 1. The van der Waals surface area contributed by atoms with Gasteiger partial charge >= 0.3 is 5.97 Å². The lowest BCUT2D eigenvalue weighted by atomic mass is 9.86. The average molecular weight is 642 g/mol. The molecule has 1 N–H and O–H groups in total. The molecule has 3 aromatic heterocycles. The molecule has 10 heteroatoms. The fraction of sp³-hybridized carbons (Fsp3) is 0.486. The van der Waals surface area contributed by atoms with Gasteiger partial charge in [0.1, 0.15) is 11.5 Å². The van der Waals surface area contributed by atoms with Crippen LogP contribution in [0.4, 0.5) is 10.2 Å². The molecule has 4 aromatic rings. The first kappa shape index (κ1) is 31.6. The van der Waals surface area contributed by atoms with Gasteiger partial charge in [0.05, 0.1) is 17.9 Å². The third kappa shape index (κ3) is 5.86. The Morgan fingerprint density at radius 2 is 1.87 bits per heavy atom. The second kappa shape index (κ2) is 11.9. The van der Waals surface area contributed by atoms with Crippen molar-refractivity contribution in [1.82, 2.24) is 19.4 Å². The van der Waals surface area contributed by atoms with E-state index in [-0.39, 0.29) is 5.75 Å². The van der Waals surface area contributed by atoms with Crippen LogP contribution in [-0.2, 0) is 23.0 Å². The van der Waals surface area contributed by atoms with Gasteiger partial charge in [-0.05, 0) is 95.7 Å². The van der Waals surface area contributed by atoms with Crippen LogP contribution in [0.25, 0.3) is 33.4 Å². The second-order valence-corrected chi connectivity index (χ2v) is 14.2. The summed E-state index contributed by atoms with van der Waals surface area (Å²) >= 11 is 0. The molecule has 1 saturated heterocycles. The molecular weight excluding hydrogens is 597 g/mol. The Bertz CT molecular complexity index is 1870. The third-order valence-electron chi connectivity index (χ3n) is 9.81. The Kier molecular flexibility index (Phi) is 7.99. The topological polar surface area (TPSA) is 93.0 Å². The lowest BCUT2D eigenvalue weighted by Crippen LogP contribution is -2.47. The molecule has 7 rings (SSSR count). The van der Waals surface area contributed by atoms with Crippen molar-refractivity contribution in [2.75, 3.05) is 37.7 Å². The van der Waals surface area contributed by atoms with E-state index in [1.54, 1.807) is 0 Å². The predicted octanol–water partition coefficient (Wildman–Crippen LogP) is 6.61. The summed E-state index contributed by atoms with van der Waals surface area (Å²) in [6.45, 7) is 13.7. The lowest BCUT2D eigenvalue weighted by Gasteiger charge is -2.35. The number of anilines is 1. The zero-order valence-electron chi connectivity index (χ0n) is 28.2. The number of fused-ring (bicyclic) bond motifs is 2. The van der Waals surface area contributed by atoms with E-state index in [2.05, 4.69) is 15.9 Å². The minimum absolute atomic E-state index is 0.290. The summed E-state index contributed by atoms with van der Waals surface area (Å²) in [6, 6.07) is 8.42. The number of piperazine rings is 1. The first-order valence-corrected chi connectivity index (χ1v) is 16.7. The normalized spacial score (nSPS) is 17.9. The van der Waals surface area contributed by atoms with Gasteiger partial charge in [-0.1, -0.05) is 0 Å². The number of carboxylic acid groups (broad SMARTS) is 1. The van der Waals surface area contributed by atoms with Gasteiger partial charge in [-0.3, -0.25) is 4.90 Å². The molecule has 9 nitrogen and oxygen atoms in total. The molecule has 2 aliphatic heterocycles. The van der Waals surface area contributed by atoms with E-state index >= 15 is 4.39 Å². The van der Waals surface area contributed by atoms with Crippen LogP contribution in [0.5, 0.6) is 5.75 Å². The number of nitrogens with zero attached hydrogens (tertiary/aromatic N) is 5. The SMILES string of the molecule is Cc1nc2c(cc(-c3ccnc(N4CCN(C5CC5)CC4)c3)n2C)c(-c2cc(F)c3c(c2C)CCCO3)c1[C@H](OC(C)(C)C)C(=O)O. The van der Waals surface area contributed by atoms with Gasteiger partial charge in [0.2, 0.25) is 0 Å². The molecule has 0 amide bonds. The molecule has 0 unspecified atom stereocenters. The molecule has 1 aromatic carbocycles. The number of carboxylic acids is 1. The number of rotatable bonds is 7. The Morgan fingerprint density at radius 3 is 2.55 bits per heavy atom. The quantitative estimate of drug-likeness (QED) is 0.241. The van der Waals surface area contributed by atoms with Crippen molar-refractivity contribution in [1.29, 1.82) is 0 Å². The highest BCUT2D eigenvalue weighted by atomic mass is 19.1. The van der Waals surface area contributed by atoms with E-state index in [4.69, 9.17) is 19.4 Å². The Balaban J connectivity index is 1.41. The average Bonchev–Trinajstić information content (AvgIpc) is 3.85. The van der Waals surface area contributed by atoms with Gasteiger partial charge in [0.15, 0.2) is 17.7 Å². The standard InChI is InChI=1S/C37H44FN5O4/c1-21-25-8-7-17-46-33(25)28(38)19-26(21)32-27-20-29(23-11-12-39-30(18-23)43-15-13-42(14-16-43)24-9-10-24)41(6)35(27)40-22(2)31(32)34(36(44)45)47-37(3,4)5/h11-12,18-20,24,34H,7-10,13-17H2,1-6H3,(H,44,45)/t34-/m0/s1. The molecule has 0 spiro atoms. The molecule has 0 bridgehead atoms. The minimum atomic E-state index is -1.32. The molecule has 1 atom stereocenters. The summed E-state index contributed by atoms with van der Waals surface area (Å²) in [5.74, 6) is -0.348. The first-order valence-electron chi connectivity index (χ1n) is 16.7. The van der Waals surface area contributed by atoms with Crippen molar-refractivity contribution in [3.63, 3.8) is 0 Å². The highest BCUT2D eigenvalue weighted by molar-refractivity contribution is 6.01. The summed E-state index contributed by atoms with van der Waals surface area (Å²) in [4.78, 5) is 27.6. The molecule has 1 aliphatic carbocycles. The number of ether oxygens (including phenoxy) is 2. The Hall–Kier alpha value is -4.02. The van der Waals surface area contributed by atoms with Crippen LogP contribution < -0.4 is 9.64 Å². The molecule has 5 heterocycles. The summed E-state index contributed by atoms with van der Waals surface area (Å²) < 4.78 is 29.8. The highest BCUT2D eigenvalue weighted by Gasteiger charge is 2.35. The van der Waals surface area contributed by atoms with Crippen LogP contribution >= 0.6 is 0 Å². The van der Waals surface area contributed by atoms with E-state index in [1.807, 2.05) is 64.6 Å². The Morgan fingerprint density at radius 1 is 1.13 bits per heavy atom. The maximum Gasteiger partial charge on any atom is 0.337 e. The van der Waals surface area contributed by atoms with E-state index in [1.165, 1.54) is 18.9 Å². The number of aliphatic carboxylic acids is 1. The zero-order chi connectivity index (χ0) is 33.2. The molecule has 0 radical (unpaired) electrons. The summed E-state index contributed by atoms with van der Waals surface area (Å²) in [7, 11) is 1.97. The highest BCUT2D eigenvalue weighted by Crippen LogP contribution is 2.45. The zero-order valence-corrected chi connectivity index (χ0v) is 28.2. The van der Waals surface area contributed by atoms with Crippen molar-refractivity contribution in [2.24, 2.45) is 7.05 Å². The van der Waals surface area contributed by atoms with Crippen LogP contribution in [0.1, 0.15) is 68.5 Å². The van der Waals surface area contributed by atoms with Gasteiger partial charge in [-0.25, -0.2) is 19.2 Å². The van der Waals surface area contributed by atoms with Crippen LogP contribution in [0.3, 0.4) is 0 Å². The molecule has 47 heavy (non-hydrogen) atoms. The van der Waals surface area contributed by atoms with Crippen molar-refractivity contribution in [2.45, 2.75) is 78.0 Å². The van der Waals surface area contributed by atoms with E-state index in [0.717, 1.165) is 72.2 Å². The van der Waals surface area contributed by atoms with Gasteiger partial charge in [0, 0.05) is 78.8 Å². The number of hydrogen-bond donors (Lipinski definition) is 1. The molecule has 3 aliphatic rings. The second-order valence-electron chi connectivity index (χ2n) is 14.2. The Labute approximate surface area is 275 Å². The summed E-state index contributed by atoms with van der Waals surface area (Å²) in [6.07, 6.45) is 4.63. The van der Waals surface area contributed by atoms with Crippen molar-refractivity contribution in [3.8, 4) is 28.1 Å². The smallest absolute Gasteiger partial charge is 0.337 e. The van der Waals surface area contributed by atoms with Crippen LogP contribution in [0, 0.1) is 19.7 Å². The van der Waals surface area contributed by atoms with Crippen LogP contribution in [0.2, 0.25) is 0 Å². The fourth-order valence-electron chi connectivity index (χ4n) is 7.36. The largest absolute Gasteiger partial charge is 0.490 e. The van der Waals surface area contributed by atoms with E-state index in [9.17, 15) is 9.90 Å². The van der Waals surface area contributed by atoms with E-state index < -0.39 is 23.5 Å². The van der Waals surface area contributed by atoms with Gasteiger partial charge in [0.25, 0.3) is 0 Å². The molecule has 248 valence electrons. The minimum Gasteiger partial charge on any atom is -0.490 e. The van der Waals surface area contributed by atoms with Gasteiger partial charge < -0.3 is 24.0 Å². The van der Waals surface area contributed by atoms with Gasteiger partial charge in [-0.2, -0.15) is 0 Å². The van der Waals surface area contributed by atoms with Crippen molar-refractivity contribution < 1.29 is 23.8 Å². The summed E-state index contributed by atoms with van der Waals surface area (Å²) in [5.41, 5.74) is 5.71. The number of aryl methyl sites for hydroxylation is 2. The van der Waals surface area contributed by atoms with Gasteiger partial charge in [-0.15, -0.1) is 0 Å². The van der Waals surface area contributed by atoms with Crippen LogP contribution in [-0.4, -0.2) is 74.9 Å². The predicted molar refractivity (Wildman–Crippen MR) is 181 cm³/mol. The number of hydrogen-bond acceptors (Lipinski definition) is 7. The number of pyridine rings is 2. The third-order valence-corrected chi connectivity index (χ3v) is 9.81. The monoisotopic (exact) mass is 641 g/mol. The van der Waals surface area contributed by atoms with E-state index in [0.29, 0.717) is 41.1 Å². The van der Waals surface area contributed by atoms with Crippen LogP contribution in [0.15, 0.2) is 30.5 Å². The number of benzene rings is 1. The maximum absolute atomic E-state index is 15.8.